The Kier molecular flexibility index (Phi) is 5.32. The summed E-state index contributed by atoms with van der Waals surface area (Å²) in [6, 6.07) is 0. The normalized spacial score (nSPS) is 13.8. The van der Waals surface area contributed by atoms with Gasteiger partial charge in [0.25, 0.3) is 0 Å². The topological polar surface area (TPSA) is 26.3 Å². The van der Waals surface area contributed by atoms with Crippen molar-refractivity contribution >= 4 is 11.1 Å². The molecule has 0 aliphatic rings. The highest BCUT2D eigenvalue weighted by atomic mass is 32.2. The van der Waals surface area contributed by atoms with Gasteiger partial charge in [0, 0.05) is 5.75 Å². The van der Waals surface area contributed by atoms with Crippen LogP contribution in [0.25, 0.3) is 0 Å². The van der Waals surface area contributed by atoms with E-state index in [2.05, 4.69) is 11.1 Å². The highest BCUT2D eigenvalue weighted by molar-refractivity contribution is 7.80. The fourth-order valence-corrected chi connectivity index (χ4v) is 1.04. The van der Waals surface area contributed by atoms with Crippen molar-refractivity contribution in [2.75, 3.05) is 12.9 Å². The molecule has 0 heterocycles. The molecule has 0 aromatic heterocycles. The Labute approximate surface area is 52.9 Å². The Hall–Kier alpha value is 0.110. The smallest absolute Gasteiger partial charge is 0.155 e. The van der Waals surface area contributed by atoms with Crippen LogP contribution in [0.3, 0.4) is 0 Å². The predicted octanol–water partition coefficient (Wildman–Crippen LogP) is 1.10. The molecule has 8 heavy (non-hydrogen) atoms. The first-order chi connectivity index (χ1) is 3.81. The van der Waals surface area contributed by atoms with Gasteiger partial charge < -0.3 is 0 Å². The zero-order valence-electron chi connectivity index (χ0n) is 5.35. The Morgan fingerprint density at radius 3 is 2.62 bits per heavy atom. The minimum atomic E-state index is -1.03. The number of unbranched alkanes of at least 4 members (excludes halogenated alkanes) is 1. The molecule has 3 heteroatoms. The van der Waals surface area contributed by atoms with Crippen LogP contribution in [0, 0.1) is 0 Å². The van der Waals surface area contributed by atoms with Gasteiger partial charge in [-0.25, -0.2) is 4.21 Å². The number of hydrogen-bond donors (Lipinski definition) is 0. The molecule has 0 aromatic rings. The molecule has 0 saturated heterocycles. The van der Waals surface area contributed by atoms with Gasteiger partial charge in [-0.1, -0.05) is 13.3 Å². The molecule has 0 aliphatic carbocycles. The molecule has 0 fully saturated rings. The van der Waals surface area contributed by atoms with Gasteiger partial charge in [0.15, 0.2) is 11.1 Å². The highest BCUT2D eigenvalue weighted by Gasteiger charge is 1.92. The lowest BCUT2D eigenvalue weighted by molar-refractivity contribution is 0.444. The molecule has 2 nitrogen and oxygen atoms in total. The molecule has 0 amide bonds. The van der Waals surface area contributed by atoms with Crippen molar-refractivity contribution in [1.29, 1.82) is 0 Å². The fraction of sp³-hybridized carbons (Fsp3) is 1.00. The molecular formula is C5H12O2S. The van der Waals surface area contributed by atoms with E-state index in [4.69, 9.17) is 0 Å². The molecule has 1 atom stereocenters. The van der Waals surface area contributed by atoms with Crippen LogP contribution in [0.2, 0.25) is 0 Å². The molecule has 0 aromatic carbocycles. The lowest BCUT2D eigenvalue weighted by Crippen LogP contribution is -1.97. The van der Waals surface area contributed by atoms with Crippen LogP contribution >= 0.6 is 0 Å². The molecule has 0 N–H and O–H groups in total. The summed E-state index contributed by atoms with van der Waals surface area (Å²) >= 11 is -1.03. The van der Waals surface area contributed by atoms with Gasteiger partial charge in [-0.3, -0.25) is 4.18 Å². The minimum Gasteiger partial charge on any atom is -0.294 e. The zero-order chi connectivity index (χ0) is 6.41. The van der Waals surface area contributed by atoms with Crippen LogP contribution in [-0.4, -0.2) is 17.1 Å². The molecular weight excluding hydrogens is 124 g/mol. The van der Waals surface area contributed by atoms with Crippen LogP contribution < -0.4 is 0 Å². The fourth-order valence-electron chi connectivity index (χ4n) is 0.346. The maximum absolute atomic E-state index is 10.5. The average molecular weight is 136 g/mol. The standard InChI is InChI=1S/C5H12O2S/c1-3-4-5-8(6)7-2/h3-5H2,1-2H3. The van der Waals surface area contributed by atoms with Crippen molar-refractivity contribution in [1.82, 2.24) is 0 Å². The highest BCUT2D eigenvalue weighted by Crippen LogP contribution is 1.90. The largest absolute Gasteiger partial charge is 0.294 e. The molecule has 1 unspecified atom stereocenters. The second-order valence-electron chi connectivity index (χ2n) is 1.53. The summed E-state index contributed by atoms with van der Waals surface area (Å²) in [5.74, 6) is 0.674. The first-order valence-corrected chi connectivity index (χ1v) is 3.98. The van der Waals surface area contributed by atoms with E-state index >= 15 is 0 Å². The van der Waals surface area contributed by atoms with Crippen LogP contribution in [0.5, 0.6) is 0 Å². The second kappa shape index (κ2) is 5.25. The van der Waals surface area contributed by atoms with Crippen molar-refractivity contribution in [2.45, 2.75) is 19.8 Å². The summed E-state index contributed by atoms with van der Waals surface area (Å²) < 4.78 is 15.0. The molecule has 0 spiro atoms. The van der Waals surface area contributed by atoms with Crippen LogP contribution in [0.4, 0.5) is 0 Å². The lowest BCUT2D eigenvalue weighted by atomic mass is 10.4. The second-order valence-corrected chi connectivity index (χ2v) is 2.88. The Bertz CT molecular complexity index is 72.8. The summed E-state index contributed by atoms with van der Waals surface area (Å²) in [6.07, 6.45) is 2.07. The van der Waals surface area contributed by atoms with E-state index in [1.165, 1.54) is 7.11 Å². The Balaban J connectivity index is 2.99. The minimum absolute atomic E-state index is 0.674. The van der Waals surface area contributed by atoms with Crippen molar-refractivity contribution in [3.63, 3.8) is 0 Å². The number of hydrogen-bond acceptors (Lipinski definition) is 2. The van der Waals surface area contributed by atoms with Crippen molar-refractivity contribution in [3.8, 4) is 0 Å². The summed E-state index contributed by atoms with van der Waals surface area (Å²) in [4.78, 5) is 0. The summed E-state index contributed by atoms with van der Waals surface area (Å²) in [6.45, 7) is 2.06. The van der Waals surface area contributed by atoms with Crippen molar-refractivity contribution < 1.29 is 8.39 Å². The quantitative estimate of drug-likeness (QED) is 0.578. The van der Waals surface area contributed by atoms with Gasteiger partial charge in [0.2, 0.25) is 0 Å². The monoisotopic (exact) mass is 136 g/mol. The summed E-state index contributed by atoms with van der Waals surface area (Å²) in [7, 11) is 1.46. The maximum Gasteiger partial charge on any atom is 0.155 e. The molecule has 0 rings (SSSR count). The first kappa shape index (κ1) is 8.11. The van der Waals surface area contributed by atoms with Crippen LogP contribution in [-0.2, 0) is 15.3 Å². The summed E-state index contributed by atoms with van der Waals surface area (Å²) in [5.41, 5.74) is 0. The van der Waals surface area contributed by atoms with Gasteiger partial charge in [-0.2, -0.15) is 0 Å². The van der Waals surface area contributed by atoms with E-state index < -0.39 is 11.1 Å². The Morgan fingerprint density at radius 1 is 1.62 bits per heavy atom. The average Bonchev–Trinajstić information content (AvgIpc) is 1.83. The van der Waals surface area contributed by atoms with E-state index in [1.54, 1.807) is 0 Å². The van der Waals surface area contributed by atoms with E-state index in [1.807, 2.05) is 0 Å². The van der Waals surface area contributed by atoms with E-state index in [0.717, 1.165) is 12.8 Å². The van der Waals surface area contributed by atoms with E-state index in [9.17, 15) is 4.21 Å². The molecule has 0 aliphatic heterocycles. The van der Waals surface area contributed by atoms with Crippen molar-refractivity contribution in [2.24, 2.45) is 0 Å². The third-order valence-corrected chi connectivity index (χ3v) is 1.84. The third-order valence-electron chi connectivity index (χ3n) is 0.850. The van der Waals surface area contributed by atoms with Crippen LogP contribution in [0.15, 0.2) is 0 Å². The van der Waals surface area contributed by atoms with Gasteiger partial charge in [0.05, 0.1) is 7.11 Å². The maximum atomic E-state index is 10.5. The van der Waals surface area contributed by atoms with Gasteiger partial charge in [0.1, 0.15) is 0 Å². The molecule has 0 bridgehead atoms. The van der Waals surface area contributed by atoms with E-state index in [-0.39, 0.29) is 0 Å². The predicted molar refractivity (Wildman–Crippen MR) is 34.9 cm³/mol. The zero-order valence-corrected chi connectivity index (χ0v) is 6.16. The van der Waals surface area contributed by atoms with Crippen molar-refractivity contribution in [3.05, 3.63) is 0 Å². The third kappa shape index (κ3) is 4.27. The van der Waals surface area contributed by atoms with Crippen LogP contribution in [0.1, 0.15) is 19.8 Å². The van der Waals surface area contributed by atoms with Gasteiger partial charge >= 0.3 is 0 Å². The first-order valence-electron chi connectivity index (χ1n) is 2.74. The lowest BCUT2D eigenvalue weighted by Gasteiger charge is -1.93. The molecule has 0 radical (unpaired) electrons. The van der Waals surface area contributed by atoms with Gasteiger partial charge in [-0.05, 0) is 6.42 Å². The number of rotatable bonds is 4. The van der Waals surface area contributed by atoms with E-state index in [0.29, 0.717) is 5.75 Å². The Morgan fingerprint density at radius 2 is 2.25 bits per heavy atom. The molecule has 50 valence electrons. The SMILES string of the molecule is CCCCS(=O)OC. The van der Waals surface area contributed by atoms with Gasteiger partial charge in [-0.15, -0.1) is 0 Å². The summed E-state index contributed by atoms with van der Waals surface area (Å²) in [5, 5.41) is 0. The molecule has 0 saturated carbocycles.